The minimum atomic E-state index is 0.0725. The van der Waals surface area contributed by atoms with Crippen molar-refractivity contribution in [2.75, 3.05) is 0 Å². The van der Waals surface area contributed by atoms with Gasteiger partial charge in [-0.3, -0.25) is 9.88 Å². The molecule has 7 aromatic carbocycles. The van der Waals surface area contributed by atoms with Gasteiger partial charge in [0, 0.05) is 32.7 Å². The van der Waals surface area contributed by atoms with Crippen LogP contribution in [0.15, 0.2) is 173 Å². The molecule has 0 amide bonds. The third-order valence-corrected chi connectivity index (χ3v) is 10.5. The lowest BCUT2D eigenvalue weighted by molar-refractivity contribution is -0.579. The average Bonchev–Trinajstić information content (AvgIpc) is 3.75. The van der Waals surface area contributed by atoms with Gasteiger partial charge < -0.3 is 4.42 Å². The number of furan rings is 1. The fourth-order valence-electron chi connectivity index (χ4n) is 8.35. The van der Waals surface area contributed by atoms with Crippen LogP contribution >= 0.6 is 0 Å². The van der Waals surface area contributed by atoms with Crippen LogP contribution in [0.1, 0.15) is 5.56 Å². The summed E-state index contributed by atoms with van der Waals surface area (Å²) in [5.74, 6) is 1.06. The van der Waals surface area contributed by atoms with Crippen LogP contribution in [-0.4, -0.2) is 16.3 Å². The normalized spacial score (nSPS) is 16.0. The van der Waals surface area contributed by atoms with Crippen LogP contribution in [0.25, 0.3) is 87.9 Å². The highest BCUT2D eigenvalue weighted by Crippen LogP contribution is 2.47. The lowest BCUT2D eigenvalue weighted by Gasteiger charge is -2.24. The summed E-state index contributed by atoms with van der Waals surface area (Å²) in [4.78, 5) is 5.37. The second kappa shape index (κ2) is 10.5. The quantitative estimate of drug-likeness (QED) is 0.205. The Bertz CT molecular complexity index is 3000. The first-order valence-electron chi connectivity index (χ1n) is 17.2. The van der Waals surface area contributed by atoms with Crippen LogP contribution < -0.4 is 5.32 Å². The van der Waals surface area contributed by atoms with Crippen molar-refractivity contribution in [1.82, 2.24) is 4.57 Å². The van der Waals surface area contributed by atoms with Gasteiger partial charge in [-0.1, -0.05) is 146 Å². The number of allylic oxidation sites excluding steroid dienone is 2. The van der Waals surface area contributed by atoms with Gasteiger partial charge in [0.2, 0.25) is 5.82 Å². The Balaban J connectivity index is 1.34. The smallest absolute Gasteiger partial charge is 0.237 e. The fraction of sp³-hybridized carbons (Fsp3) is 0.0217. The van der Waals surface area contributed by atoms with E-state index in [1.54, 1.807) is 0 Å². The first-order chi connectivity index (χ1) is 24.8. The van der Waals surface area contributed by atoms with Crippen LogP contribution in [0, 0.1) is 0 Å². The molecule has 11 rings (SSSR count). The number of benzene rings is 7. The van der Waals surface area contributed by atoms with Gasteiger partial charge in [-0.05, 0) is 45.3 Å². The van der Waals surface area contributed by atoms with Crippen LogP contribution in [0.3, 0.4) is 0 Å². The zero-order chi connectivity index (χ0) is 32.8. The van der Waals surface area contributed by atoms with Crippen molar-refractivity contribution in [1.29, 1.82) is 0 Å². The summed E-state index contributed by atoms with van der Waals surface area (Å²) >= 11 is 0. The van der Waals surface area contributed by atoms with E-state index < -0.39 is 0 Å². The molecule has 0 saturated heterocycles. The van der Waals surface area contributed by atoms with Gasteiger partial charge in [-0.25, -0.2) is 4.99 Å². The Labute approximate surface area is 287 Å². The molecule has 0 saturated carbocycles. The molecule has 3 heterocycles. The van der Waals surface area contributed by atoms with E-state index in [1.165, 1.54) is 37.9 Å². The van der Waals surface area contributed by atoms with Crippen LogP contribution in [0.4, 0.5) is 0 Å². The summed E-state index contributed by atoms with van der Waals surface area (Å²) in [6.07, 6.45) is 8.56. The highest BCUT2D eigenvalue weighted by atomic mass is 16.3. The van der Waals surface area contributed by atoms with Crippen LogP contribution in [0.2, 0.25) is 0 Å². The molecule has 1 aliphatic heterocycles. The molecule has 1 atom stereocenters. The SMILES string of the molecule is C1=CC2=NC(c3ccccc3)=C(n3c4ccccc4c4c5ccccc5c5c6cccc(-c7cccc8ccccc78)c6oc5c43)[NH2+]C2C=C1. The monoisotopic (exact) mass is 640 g/mol. The zero-order valence-corrected chi connectivity index (χ0v) is 27.0. The molecule has 2 N–H and O–H groups in total. The van der Waals surface area contributed by atoms with Crippen molar-refractivity contribution in [3.63, 3.8) is 0 Å². The average molecular weight is 641 g/mol. The van der Waals surface area contributed by atoms with Gasteiger partial charge in [0.1, 0.15) is 16.8 Å². The van der Waals surface area contributed by atoms with Gasteiger partial charge in [-0.2, -0.15) is 0 Å². The minimum Gasteiger partial charge on any atom is -0.453 e. The van der Waals surface area contributed by atoms with E-state index in [0.717, 1.165) is 61.3 Å². The number of nitrogens with two attached hydrogens (primary N) is 1. The number of quaternary nitrogens is 1. The standard InChI is InChI=1S/C46H29N3O/c1-2-15-29(16-3-1)42-46(48-38-26-10-9-25-37(38)47-42)49-39-27-11-8-21-35(39)40-32-19-6-7-20-33(32)41-36-24-13-23-34(44(36)50-45(41)43(40)49)31-22-12-17-28-14-4-5-18-30(28)31/h1-27,38,48H/p+1. The second-order valence-electron chi connectivity index (χ2n) is 13.2. The summed E-state index contributed by atoms with van der Waals surface area (Å²) in [7, 11) is 0. The summed E-state index contributed by atoms with van der Waals surface area (Å²) in [6, 6.07) is 49.9. The summed E-state index contributed by atoms with van der Waals surface area (Å²) in [5, 5.41) is 11.8. The minimum absolute atomic E-state index is 0.0725. The second-order valence-corrected chi connectivity index (χ2v) is 13.2. The number of nitrogens with zero attached hydrogens (tertiary/aromatic N) is 2. The lowest BCUT2D eigenvalue weighted by Crippen LogP contribution is -2.90. The van der Waals surface area contributed by atoms with Gasteiger partial charge in [0.05, 0.1) is 5.52 Å². The Morgan fingerprint density at radius 2 is 1.24 bits per heavy atom. The van der Waals surface area contributed by atoms with E-state index in [1.807, 2.05) is 0 Å². The Morgan fingerprint density at radius 1 is 0.560 bits per heavy atom. The number of rotatable bonds is 3. The molecule has 0 bridgehead atoms. The van der Waals surface area contributed by atoms with Crippen LogP contribution in [0.5, 0.6) is 0 Å². The maximum atomic E-state index is 7.30. The van der Waals surface area contributed by atoms with Crippen molar-refractivity contribution in [3.05, 3.63) is 169 Å². The molecule has 234 valence electrons. The maximum Gasteiger partial charge on any atom is 0.237 e. The number of fused-ring (bicyclic) bond motifs is 12. The van der Waals surface area contributed by atoms with Gasteiger partial charge >= 0.3 is 0 Å². The Kier molecular flexibility index (Phi) is 5.77. The molecule has 0 spiro atoms. The van der Waals surface area contributed by atoms with E-state index in [-0.39, 0.29) is 6.04 Å². The summed E-state index contributed by atoms with van der Waals surface area (Å²) in [5.41, 5.74) is 9.33. The molecule has 0 fully saturated rings. The maximum absolute atomic E-state index is 7.30. The van der Waals surface area contributed by atoms with Crippen molar-refractivity contribution >= 4 is 82.5 Å². The first kappa shape index (κ1) is 27.5. The molecular formula is C46H30N3O+. The van der Waals surface area contributed by atoms with Crippen molar-refractivity contribution in [2.24, 2.45) is 4.99 Å². The summed E-state index contributed by atoms with van der Waals surface area (Å²) in [6.45, 7) is 0. The van der Waals surface area contributed by atoms with E-state index in [4.69, 9.17) is 9.41 Å². The number of para-hydroxylation sites is 2. The lowest BCUT2D eigenvalue weighted by atomic mass is 9.95. The van der Waals surface area contributed by atoms with E-state index in [0.29, 0.717) is 0 Å². The Morgan fingerprint density at radius 3 is 2.12 bits per heavy atom. The highest BCUT2D eigenvalue weighted by molar-refractivity contribution is 6.36. The summed E-state index contributed by atoms with van der Waals surface area (Å²) < 4.78 is 9.72. The molecule has 50 heavy (non-hydrogen) atoms. The molecule has 2 aliphatic rings. The number of hydrogen-bond donors (Lipinski definition) is 1. The fourth-order valence-corrected chi connectivity index (χ4v) is 8.35. The van der Waals surface area contributed by atoms with Gasteiger partial charge in [0.15, 0.2) is 17.3 Å². The van der Waals surface area contributed by atoms with E-state index in [2.05, 4.69) is 174 Å². The molecule has 9 aromatic rings. The predicted molar refractivity (Wildman–Crippen MR) is 208 cm³/mol. The molecule has 1 aliphatic carbocycles. The molecule has 4 heteroatoms. The predicted octanol–water partition coefficient (Wildman–Crippen LogP) is 10.5. The van der Waals surface area contributed by atoms with Crippen molar-refractivity contribution in [3.8, 4) is 11.1 Å². The molecule has 2 aromatic heterocycles. The van der Waals surface area contributed by atoms with E-state index >= 15 is 0 Å². The Hall–Kier alpha value is -6.49. The van der Waals surface area contributed by atoms with Gasteiger partial charge in [0.25, 0.3) is 0 Å². The van der Waals surface area contributed by atoms with Crippen molar-refractivity contribution in [2.45, 2.75) is 6.04 Å². The van der Waals surface area contributed by atoms with E-state index in [9.17, 15) is 0 Å². The van der Waals surface area contributed by atoms with Crippen LogP contribution in [-0.2, 0) is 0 Å². The zero-order valence-electron chi connectivity index (χ0n) is 27.0. The molecule has 4 nitrogen and oxygen atoms in total. The largest absolute Gasteiger partial charge is 0.453 e. The van der Waals surface area contributed by atoms with Crippen molar-refractivity contribution < 1.29 is 9.73 Å². The van der Waals surface area contributed by atoms with Gasteiger partial charge in [-0.15, -0.1) is 0 Å². The molecule has 0 radical (unpaired) electrons. The third kappa shape index (κ3) is 3.82. The molecule has 1 unspecified atom stereocenters. The highest BCUT2D eigenvalue weighted by Gasteiger charge is 2.33. The third-order valence-electron chi connectivity index (χ3n) is 10.5. The first-order valence-corrected chi connectivity index (χ1v) is 17.2. The topological polar surface area (TPSA) is 47.0 Å². The number of hydrogen-bond acceptors (Lipinski definition) is 2. The number of aliphatic imine (C=N–C) groups is 1. The molecular weight excluding hydrogens is 611 g/mol. The number of aromatic nitrogens is 1.